The van der Waals surface area contributed by atoms with E-state index < -0.39 is 0 Å². The molecule has 2 aliphatic heterocycles. The molecule has 0 bridgehead atoms. The first-order valence-corrected chi connectivity index (χ1v) is 9.37. The number of rotatable bonds is 3. The Hall–Kier alpha value is -2.12. The Kier molecular flexibility index (Phi) is 4.58. The van der Waals surface area contributed by atoms with Crippen LogP contribution in [0.4, 0.5) is 5.69 Å². The number of aryl methyl sites for hydroxylation is 1. The highest BCUT2D eigenvalue weighted by atomic mass is 35.5. The molecule has 1 aromatic carbocycles. The van der Waals surface area contributed by atoms with Crippen molar-refractivity contribution in [1.82, 2.24) is 15.4 Å². The number of hydrogen-bond acceptors (Lipinski definition) is 5. The molecule has 7 nitrogen and oxygen atoms in total. The van der Waals surface area contributed by atoms with Crippen LogP contribution >= 0.6 is 11.6 Å². The Bertz CT molecular complexity index is 768. The Morgan fingerprint density at radius 2 is 2.19 bits per heavy atom. The summed E-state index contributed by atoms with van der Waals surface area (Å²) in [4.78, 5) is 25.2. The van der Waals surface area contributed by atoms with Crippen LogP contribution in [-0.4, -0.2) is 46.8 Å². The van der Waals surface area contributed by atoms with E-state index in [1.807, 2.05) is 18.0 Å². The van der Waals surface area contributed by atoms with Gasteiger partial charge in [0.05, 0.1) is 0 Å². The van der Waals surface area contributed by atoms with Gasteiger partial charge in [-0.2, -0.15) is 5.10 Å². The first kappa shape index (κ1) is 17.3. The summed E-state index contributed by atoms with van der Waals surface area (Å²) in [6, 6.07) is 5.39. The van der Waals surface area contributed by atoms with Crippen LogP contribution in [0.2, 0.25) is 5.02 Å². The summed E-state index contributed by atoms with van der Waals surface area (Å²) < 4.78 is 0. The minimum Gasteiger partial charge on any atom is -0.324 e. The van der Waals surface area contributed by atoms with Gasteiger partial charge < -0.3 is 5.32 Å². The summed E-state index contributed by atoms with van der Waals surface area (Å²) in [5.41, 5.74) is 4.92. The summed E-state index contributed by atoms with van der Waals surface area (Å²) in [6.07, 6.45) is 6.06. The number of hydrogen-bond donors (Lipinski definition) is 2. The molecule has 138 valence electrons. The molecule has 3 aliphatic rings. The predicted octanol–water partition coefficient (Wildman–Crippen LogP) is 2.12. The van der Waals surface area contributed by atoms with Gasteiger partial charge in [-0.1, -0.05) is 30.5 Å². The zero-order valence-corrected chi connectivity index (χ0v) is 15.4. The Balaban J connectivity index is 1.42. The molecule has 0 spiro atoms. The number of hydrazine groups is 1. The number of hydrazone groups is 1. The molecule has 1 saturated carbocycles. The molecule has 2 N–H and O–H groups in total. The third-order valence-corrected chi connectivity index (χ3v) is 5.82. The van der Waals surface area contributed by atoms with Crippen molar-refractivity contribution in [3.8, 4) is 0 Å². The van der Waals surface area contributed by atoms with Gasteiger partial charge in [-0.15, -0.1) is 0 Å². The summed E-state index contributed by atoms with van der Waals surface area (Å²) in [6.45, 7) is 1.79. The minimum atomic E-state index is -0.296. The monoisotopic (exact) mass is 375 g/mol. The van der Waals surface area contributed by atoms with Crippen LogP contribution in [0.1, 0.15) is 31.2 Å². The highest BCUT2D eigenvalue weighted by molar-refractivity contribution is 6.31. The number of halogens is 1. The molecule has 1 saturated heterocycles. The number of fused-ring (bicyclic) bond motifs is 3. The van der Waals surface area contributed by atoms with Gasteiger partial charge in [-0.05, 0) is 37.5 Å². The maximum absolute atomic E-state index is 12.9. The number of benzene rings is 1. The first-order chi connectivity index (χ1) is 12.5. The van der Waals surface area contributed by atoms with Crippen molar-refractivity contribution in [2.45, 2.75) is 44.7 Å². The predicted molar refractivity (Wildman–Crippen MR) is 99.5 cm³/mol. The fraction of sp³-hybridized carbons (Fsp3) is 0.500. The second kappa shape index (κ2) is 6.89. The van der Waals surface area contributed by atoms with E-state index in [9.17, 15) is 9.59 Å². The lowest BCUT2D eigenvalue weighted by Crippen LogP contribution is -2.53. The van der Waals surface area contributed by atoms with Gasteiger partial charge in [0.25, 0.3) is 5.91 Å². The van der Waals surface area contributed by atoms with Crippen molar-refractivity contribution in [1.29, 1.82) is 0 Å². The molecule has 2 heterocycles. The maximum atomic E-state index is 12.9. The molecule has 1 aliphatic carbocycles. The lowest BCUT2D eigenvalue weighted by atomic mass is 9.81. The highest BCUT2D eigenvalue weighted by Gasteiger charge is 2.48. The van der Waals surface area contributed by atoms with E-state index in [-0.39, 0.29) is 30.3 Å². The van der Waals surface area contributed by atoms with Crippen LogP contribution in [0.25, 0.3) is 0 Å². The van der Waals surface area contributed by atoms with Crippen molar-refractivity contribution in [3.05, 3.63) is 28.8 Å². The average molecular weight is 376 g/mol. The standard InChI is InChI=1S/C18H22ClN5O2/c1-11-6-7-12(8-14(11)19)21-16(25)9-23-18(26)17-13-4-2-3-5-15(13)22-24(17)10-20-23/h6-8,10,13,15,17,22H,2-5,9H2,1H3,(H,21,25). The minimum absolute atomic E-state index is 0.109. The second-order valence-corrected chi connectivity index (χ2v) is 7.58. The number of nitrogens with zero attached hydrogens (tertiary/aromatic N) is 3. The molecule has 4 rings (SSSR count). The smallest absolute Gasteiger partial charge is 0.267 e. The van der Waals surface area contributed by atoms with Gasteiger partial charge in [0, 0.05) is 22.7 Å². The van der Waals surface area contributed by atoms with E-state index in [1.54, 1.807) is 18.5 Å². The van der Waals surface area contributed by atoms with Crippen molar-refractivity contribution in [2.75, 3.05) is 11.9 Å². The van der Waals surface area contributed by atoms with Crippen LogP contribution < -0.4 is 10.7 Å². The third kappa shape index (κ3) is 3.17. The number of carbonyl (C=O) groups is 2. The molecule has 0 aromatic heterocycles. The molecule has 8 heteroatoms. The van der Waals surface area contributed by atoms with E-state index in [4.69, 9.17) is 11.6 Å². The van der Waals surface area contributed by atoms with Gasteiger partial charge in [-0.25, -0.2) is 10.4 Å². The number of carbonyl (C=O) groups excluding carboxylic acids is 2. The molecule has 2 amide bonds. The molecule has 0 radical (unpaired) electrons. The van der Waals surface area contributed by atoms with Crippen LogP contribution in [0.15, 0.2) is 23.3 Å². The molecule has 3 unspecified atom stereocenters. The SMILES string of the molecule is Cc1ccc(NC(=O)CN2N=CN3NC4CCCCC4C3C2=O)cc1Cl. The van der Waals surface area contributed by atoms with E-state index in [2.05, 4.69) is 15.8 Å². The van der Waals surface area contributed by atoms with Gasteiger partial charge in [-0.3, -0.25) is 14.6 Å². The van der Waals surface area contributed by atoms with E-state index in [0.29, 0.717) is 16.8 Å². The van der Waals surface area contributed by atoms with E-state index in [0.717, 1.165) is 24.8 Å². The molecule has 3 atom stereocenters. The Labute approximate surface area is 157 Å². The summed E-state index contributed by atoms with van der Waals surface area (Å²) in [5.74, 6) is -0.133. The summed E-state index contributed by atoms with van der Waals surface area (Å²) in [5, 5.41) is 10.6. The average Bonchev–Trinajstić information content (AvgIpc) is 3.00. The van der Waals surface area contributed by atoms with Gasteiger partial charge in [0.15, 0.2) is 0 Å². The fourth-order valence-corrected chi connectivity index (χ4v) is 4.22. The number of amides is 2. The van der Waals surface area contributed by atoms with Gasteiger partial charge >= 0.3 is 0 Å². The number of anilines is 1. The van der Waals surface area contributed by atoms with Crippen molar-refractivity contribution in [2.24, 2.45) is 11.0 Å². The van der Waals surface area contributed by atoms with Crippen molar-refractivity contribution in [3.63, 3.8) is 0 Å². The van der Waals surface area contributed by atoms with Gasteiger partial charge in [0.1, 0.15) is 18.9 Å². The second-order valence-electron chi connectivity index (χ2n) is 7.17. The first-order valence-electron chi connectivity index (χ1n) is 8.99. The Morgan fingerprint density at radius 1 is 1.38 bits per heavy atom. The lowest BCUT2D eigenvalue weighted by Gasteiger charge is -2.32. The fourth-order valence-electron chi connectivity index (χ4n) is 4.04. The Morgan fingerprint density at radius 3 is 3.00 bits per heavy atom. The molecular formula is C18H22ClN5O2. The third-order valence-electron chi connectivity index (χ3n) is 5.41. The molecule has 2 fully saturated rings. The largest absolute Gasteiger partial charge is 0.324 e. The maximum Gasteiger partial charge on any atom is 0.267 e. The van der Waals surface area contributed by atoms with Crippen LogP contribution in [0.5, 0.6) is 0 Å². The summed E-state index contributed by atoms with van der Waals surface area (Å²) >= 11 is 6.09. The van der Waals surface area contributed by atoms with Crippen molar-refractivity contribution >= 4 is 35.4 Å². The van der Waals surface area contributed by atoms with Gasteiger partial charge in [0.2, 0.25) is 5.91 Å². The number of nitrogens with one attached hydrogen (secondary N) is 2. The zero-order chi connectivity index (χ0) is 18.3. The molecule has 1 aromatic rings. The van der Waals surface area contributed by atoms with E-state index in [1.165, 1.54) is 11.4 Å². The van der Waals surface area contributed by atoms with Crippen LogP contribution in [-0.2, 0) is 9.59 Å². The molecular weight excluding hydrogens is 354 g/mol. The van der Waals surface area contributed by atoms with Crippen molar-refractivity contribution < 1.29 is 9.59 Å². The van der Waals surface area contributed by atoms with Crippen LogP contribution in [0, 0.1) is 12.8 Å². The normalized spacial score (nSPS) is 27.3. The highest BCUT2D eigenvalue weighted by Crippen LogP contribution is 2.35. The molecule has 26 heavy (non-hydrogen) atoms. The van der Waals surface area contributed by atoms with E-state index >= 15 is 0 Å². The summed E-state index contributed by atoms with van der Waals surface area (Å²) in [7, 11) is 0. The zero-order valence-electron chi connectivity index (χ0n) is 14.6. The van der Waals surface area contributed by atoms with Crippen LogP contribution in [0.3, 0.4) is 0 Å². The quantitative estimate of drug-likeness (QED) is 0.848. The topological polar surface area (TPSA) is 77.0 Å². The lowest BCUT2D eigenvalue weighted by molar-refractivity contribution is -0.140.